The number of amides is 1. The molecule has 1 atom stereocenters. The predicted molar refractivity (Wildman–Crippen MR) is 87.6 cm³/mol. The summed E-state index contributed by atoms with van der Waals surface area (Å²) in [5.41, 5.74) is -2.36. The second-order valence-electron chi connectivity index (χ2n) is 6.48. The number of carbonyl (C=O) groups excluding carboxylic acids is 4. The average molecular weight is 354 g/mol. The summed E-state index contributed by atoms with van der Waals surface area (Å²) in [5, 5.41) is 5.47. The van der Waals surface area contributed by atoms with Gasteiger partial charge in [0.1, 0.15) is 6.54 Å². The fourth-order valence-corrected chi connectivity index (χ4v) is 3.66. The summed E-state index contributed by atoms with van der Waals surface area (Å²) in [5.74, 6) is -2.16. The summed E-state index contributed by atoms with van der Waals surface area (Å²) in [6.45, 7) is 3.34. The SMILES string of the molecule is CCOC(=O)CNC(=O)CC1(C(=O)OCC)NC2(CCCCC2)C1=O. The van der Waals surface area contributed by atoms with Crippen LogP contribution in [0, 0.1) is 0 Å². The van der Waals surface area contributed by atoms with E-state index >= 15 is 0 Å². The van der Waals surface area contributed by atoms with Crippen LogP contribution in [0.3, 0.4) is 0 Å². The van der Waals surface area contributed by atoms with Crippen LogP contribution in [0.2, 0.25) is 0 Å². The third kappa shape index (κ3) is 3.84. The molecule has 0 aromatic carbocycles. The van der Waals surface area contributed by atoms with Crippen molar-refractivity contribution in [3.05, 3.63) is 0 Å². The Balaban J connectivity index is 2.05. The number of hydrogen-bond acceptors (Lipinski definition) is 7. The summed E-state index contributed by atoms with van der Waals surface area (Å²) < 4.78 is 9.76. The Morgan fingerprint density at radius 2 is 1.72 bits per heavy atom. The minimum atomic E-state index is -1.65. The van der Waals surface area contributed by atoms with Crippen LogP contribution in [0.4, 0.5) is 0 Å². The van der Waals surface area contributed by atoms with Gasteiger partial charge in [0, 0.05) is 0 Å². The molecule has 140 valence electrons. The van der Waals surface area contributed by atoms with Crippen LogP contribution in [0.15, 0.2) is 0 Å². The molecule has 0 aromatic rings. The monoisotopic (exact) mass is 354 g/mol. The van der Waals surface area contributed by atoms with Gasteiger partial charge in [-0.15, -0.1) is 0 Å². The lowest BCUT2D eigenvalue weighted by molar-refractivity contribution is -0.172. The zero-order valence-electron chi connectivity index (χ0n) is 14.8. The molecule has 1 saturated carbocycles. The molecule has 0 radical (unpaired) electrons. The summed E-state index contributed by atoms with van der Waals surface area (Å²) in [4.78, 5) is 48.8. The van der Waals surface area contributed by atoms with Gasteiger partial charge in [-0.3, -0.25) is 19.7 Å². The van der Waals surface area contributed by atoms with Crippen LogP contribution >= 0.6 is 0 Å². The normalized spacial score (nSPS) is 24.3. The Labute approximate surface area is 147 Å². The van der Waals surface area contributed by atoms with Crippen molar-refractivity contribution in [3.63, 3.8) is 0 Å². The van der Waals surface area contributed by atoms with Crippen molar-refractivity contribution in [2.24, 2.45) is 0 Å². The average Bonchev–Trinajstić information content (AvgIpc) is 2.60. The third-order valence-corrected chi connectivity index (χ3v) is 4.77. The number of nitrogens with one attached hydrogen (secondary N) is 2. The molecule has 1 aliphatic carbocycles. The van der Waals surface area contributed by atoms with Crippen molar-refractivity contribution in [2.75, 3.05) is 19.8 Å². The number of ether oxygens (including phenoxy) is 2. The molecule has 1 saturated heterocycles. The molecule has 1 heterocycles. The summed E-state index contributed by atoms with van der Waals surface area (Å²) >= 11 is 0. The predicted octanol–water partition coefficient (Wildman–Crippen LogP) is 0.233. The molecule has 1 spiro atoms. The van der Waals surface area contributed by atoms with Gasteiger partial charge in [0.2, 0.25) is 5.91 Å². The van der Waals surface area contributed by atoms with E-state index in [-0.39, 0.29) is 32.0 Å². The van der Waals surface area contributed by atoms with Crippen molar-refractivity contribution in [2.45, 2.75) is 63.5 Å². The van der Waals surface area contributed by atoms with Crippen molar-refractivity contribution in [1.82, 2.24) is 10.6 Å². The van der Waals surface area contributed by atoms with Crippen LogP contribution in [0.1, 0.15) is 52.4 Å². The lowest BCUT2D eigenvalue weighted by Crippen LogP contribution is -2.84. The number of carbonyl (C=O) groups is 4. The van der Waals surface area contributed by atoms with E-state index in [1.54, 1.807) is 13.8 Å². The van der Waals surface area contributed by atoms with Gasteiger partial charge in [-0.1, -0.05) is 19.3 Å². The smallest absolute Gasteiger partial charge is 0.334 e. The van der Waals surface area contributed by atoms with Crippen molar-refractivity contribution in [3.8, 4) is 0 Å². The first-order chi connectivity index (χ1) is 11.9. The number of esters is 2. The van der Waals surface area contributed by atoms with Gasteiger partial charge in [0.15, 0.2) is 11.3 Å². The van der Waals surface area contributed by atoms with Crippen molar-refractivity contribution < 1.29 is 28.7 Å². The highest BCUT2D eigenvalue weighted by Gasteiger charge is 2.67. The van der Waals surface area contributed by atoms with Gasteiger partial charge in [0.25, 0.3) is 0 Å². The minimum Gasteiger partial charge on any atom is -0.465 e. The summed E-state index contributed by atoms with van der Waals surface area (Å²) in [7, 11) is 0. The van der Waals surface area contributed by atoms with Crippen LogP contribution < -0.4 is 10.6 Å². The van der Waals surface area contributed by atoms with Gasteiger partial charge < -0.3 is 14.8 Å². The van der Waals surface area contributed by atoms with Gasteiger partial charge in [-0.05, 0) is 26.7 Å². The Morgan fingerprint density at radius 3 is 2.28 bits per heavy atom. The van der Waals surface area contributed by atoms with Crippen molar-refractivity contribution in [1.29, 1.82) is 0 Å². The maximum Gasteiger partial charge on any atom is 0.334 e. The van der Waals surface area contributed by atoms with E-state index in [1.165, 1.54) is 0 Å². The molecule has 0 bridgehead atoms. The topological polar surface area (TPSA) is 111 Å². The molecule has 1 unspecified atom stereocenters. The molecule has 1 aliphatic heterocycles. The lowest BCUT2D eigenvalue weighted by atomic mass is 9.62. The van der Waals surface area contributed by atoms with Crippen LogP contribution in [-0.4, -0.2) is 54.5 Å². The maximum atomic E-state index is 12.9. The molecule has 1 amide bonds. The fraction of sp³-hybridized carbons (Fsp3) is 0.765. The van der Waals surface area contributed by atoms with E-state index in [9.17, 15) is 19.2 Å². The first-order valence-corrected chi connectivity index (χ1v) is 8.84. The first-order valence-electron chi connectivity index (χ1n) is 8.84. The van der Waals surface area contributed by atoms with E-state index < -0.39 is 28.9 Å². The Morgan fingerprint density at radius 1 is 1.08 bits per heavy atom. The van der Waals surface area contributed by atoms with Gasteiger partial charge in [0.05, 0.1) is 25.2 Å². The highest BCUT2D eigenvalue weighted by molar-refractivity contribution is 6.20. The second kappa shape index (κ2) is 7.95. The number of ketones is 1. The quantitative estimate of drug-likeness (QED) is 0.497. The van der Waals surface area contributed by atoms with Gasteiger partial charge in [-0.25, -0.2) is 4.79 Å². The van der Waals surface area contributed by atoms with Crippen LogP contribution in [0.5, 0.6) is 0 Å². The summed E-state index contributed by atoms with van der Waals surface area (Å²) in [6, 6.07) is 0. The van der Waals surface area contributed by atoms with Gasteiger partial charge >= 0.3 is 11.9 Å². The Hall–Kier alpha value is -1.96. The molecule has 8 heteroatoms. The molecular formula is C17H26N2O6. The zero-order valence-corrected chi connectivity index (χ0v) is 14.8. The van der Waals surface area contributed by atoms with E-state index in [4.69, 9.17) is 9.47 Å². The van der Waals surface area contributed by atoms with Gasteiger partial charge in [-0.2, -0.15) is 0 Å². The molecular weight excluding hydrogens is 328 g/mol. The van der Waals surface area contributed by atoms with Crippen LogP contribution in [-0.2, 0) is 28.7 Å². The molecule has 2 fully saturated rings. The van der Waals surface area contributed by atoms with Crippen LogP contribution in [0.25, 0.3) is 0 Å². The first kappa shape index (κ1) is 19.4. The highest BCUT2D eigenvalue weighted by Crippen LogP contribution is 2.43. The standard InChI is InChI=1S/C17H26N2O6/c1-3-24-13(21)11-18-12(20)10-17(15(23)25-4-2)14(22)16(19-17)8-6-5-7-9-16/h19H,3-11H2,1-2H3,(H,18,20). The molecule has 0 aromatic heterocycles. The molecule has 2 rings (SSSR count). The largest absolute Gasteiger partial charge is 0.465 e. The number of Topliss-reactive ketones (excluding diaryl/α,β-unsaturated/α-hetero) is 1. The Kier molecular flexibility index (Phi) is 6.16. The number of hydrogen-bond donors (Lipinski definition) is 2. The highest BCUT2D eigenvalue weighted by atomic mass is 16.5. The molecule has 8 nitrogen and oxygen atoms in total. The van der Waals surface area contributed by atoms with E-state index in [0.29, 0.717) is 12.8 Å². The zero-order chi connectivity index (χ0) is 18.5. The minimum absolute atomic E-state index is 0.118. The van der Waals surface area contributed by atoms with Crippen molar-refractivity contribution >= 4 is 23.6 Å². The molecule has 2 aliphatic rings. The number of rotatable bonds is 7. The molecule has 25 heavy (non-hydrogen) atoms. The van der Waals surface area contributed by atoms with E-state index in [1.807, 2.05) is 0 Å². The summed E-state index contributed by atoms with van der Waals surface area (Å²) in [6.07, 6.45) is 3.82. The van der Waals surface area contributed by atoms with E-state index in [0.717, 1.165) is 19.3 Å². The fourth-order valence-electron chi connectivity index (χ4n) is 3.66. The third-order valence-electron chi connectivity index (χ3n) is 4.77. The Bertz CT molecular complexity index is 555. The van der Waals surface area contributed by atoms with E-state index in [2.05, 4.69) is 10.6 Å². The molecule has 2 N–H and O–H groups in total. The lowest BCUT2D eigenvalue weighted by Gasteiger charge is -2.55. The second-order valence-corrected chi connectivity index (χ2v) is 6.48. The maximum absolute atomic E-state index is 12.9.